The number of carbonyl (C=O) groups excluding carboxylic acids is 2. The third-order valence-electron chi connectivity index (χ3n) is 2.98. The molecule has 6 heteroatoms. The van der Waals surface area contributed by atoms with Gasteiger partial charge in [0.1, 0.15) is 5.41 Å². The molecule has 0 radical (unpaired) electrons. The standard InChI is InChI=1S/C12H20N2O4/c1-11(2,3)14-8(15)7-13-9(16)12(10(17)18)5-4-6-12/h4-7H2,1-3H3,(H,13,16)(H,14,15)(H,17,18). The third kappa shape index (κ3) is 3.21. The summed E-state index contributed by atoms with van der Waals surface area (Å²) in [5.41, 5.74) is -1.69. The fourth-order valence-corrected chi connectivity index (χ4v) is 1.86. The Kier molecular flexibility index (Phi) is 3.98. The Hall–Kier alpha value is -1.59. The molecule has 6 nitrogen and oxygen atoms in total. The van der Waals surface area contributed by atoms with Crippen molar-refractivity contribution >= 4 is 17.8 Å². The molecule has 0 aliphatic heterocycles. The van der Waals surface area contributed by atoms with Crippen LogP contribution in [0.5, 0.6) is 0 Å². The molecule has 0 aromatic heterocycles. The summed E-state index contributed by atoms with van der Waals surface area (Å²) in [7, 11) is 0. The first kappa shape index (κ1) is 14.5. The van der Waals surface area contributed by atoms with E-state index < -0.39 is 17.3 Å². The van der Waals surface area contributed by atoms with Crippen LogP contribution in [0.15, 0.2) is 0 Å². The summed E-state index contributed by atoms with van der Waals surface area (Å²) >= 11 is 0. The Labute approximate surface area is 106 Å². The molecule has 0 aromatic carbocycles. The molecular formula is C12H20N2O4. The van der Waals surface area contributed by atoms with Crippen molar-refractivity contribution in [3.8, 4) is 0 Å². The van der Waals surface area contributed by atoms with Gasteiger partial charge in [-0.1, -0.05) is 6.42 Å². The summed E-state index contributed by atoms with van der Waals surface area (Å²) in [6.45, 7) is 5.30. The molecule has 1 aliphatic carbocycles. The van der Waals surface area contributed by atoms with Crippen LogP contribution in [0.4, 0.5) is 0 Å². The minimum atomic E-state index is -1.32. The molecule has 0 unspecified atom stereocenters. The Morgan fingerprint density at radius 3 is 2.11 bits per heavy atom. The molecule has 0 heterocycles. The molecule has 0 bridgehead atoms. The summed E-state index contributed by atoms with van der Waals surface area (Å²) in [4.78, 5) is 34.3. The molecule has 0 spiro atoms. The number of carbonyl (C=O) groups is 3. The van der Waals surface area contributed by atoms with Crippen molar-refractivity contribution in [3.05, 3.63) is 0 Å². The van der Waals surface area contributed by atoms with E-state index in [1.54, 1.807) is 0 Å². The average Bonchev–Trinajstić information content (AvgIpc) is 2.09. The minimum Gasteiger partial charge on any atom is -0.480 e. The number of nitrogens with one attached hydrogen (secondary N) is 2. The van der Waals surface area contributed by atoms with Crippen molar-refractivity contribution in [1.29, 1.82) is 0 Å². The average molecular weight is 256 g/mol. The van der Waals surface area contributed by atoms with Gasteiger partial charge >= 0.3 is 5.97 Å². The molecular weight excluding hydrogens is 236 g/mol. The van der Waals surface area contributed by atoms with E-state index in [1.807, 2.05) is 20.8 Å². The Balaban J connectivity index is 2.47. The molecule has 18 heavy (non-hydrogen) atoms. The number of carboxylic acids is 1. The lowest BCUT2D eigenvalue weighted by molar-refractivity contribution is -0.162. The van der Waals surface area contributed by atoms with Gasteiger partial charge in [-0.25, -0.2) is 0 Å². The first-order valence-electron chi connectivity index (χ1n) is 6.00. The first-order valence-corrected chi connectivity index (χ1v) is 6.00. The predicted molar refractivity (Wildman–Crippen MR) is 64.8 cm³/mol. The van der Waals surface area contributed by atoms with Crippen LogP contribution in [0.3, 0.4) is 0 Å². The van der Waals surface area contributed by atoms with Crippen LogP contribution in [0.2, 0.25) is 0 Å². The van der Waals surface area contributed by atoms with Gasteiger partial charge < -0.3 is 15.7 Å². The largest absolute Gasteiger partial charge is 0.480 e. The molecule has 102 valence electrons. The van der Waals surface area contributed by atoms with Crippen molar-refractivity contribution in [2.24, 2.45) is 5.41 Å². The fourth-order valence-electron chi connectivity index (χ4n) is 1.86. The second-order valence-corrected chi connectivity index (χ2v) is 5.72. The van der Waals surface area contributed by atoms with Crippen LogP contribution < -0.4 is 10.6 Å². The molecule has 0 saturated heterocycles. The molecule has 1 saturated carbocycles. The van der Waals surface area contributed by atoms with Crippen LogP contribution in [-0.4, -0.2) is 35.0 Å². The zero-order chi connectivity index (χ0) is 14.0. The molecule has 3 N–H and O–H groups in total. The number of hydrogen-bond donors (Lipinski definition) is 3. The van der Waals surface area contributed by atoms with Crippen LogP contribution in [0.25, 0.3) is 0 Å². The maximum absolute atomic E-state index is 11.8. The number of carboxylic acid groups (broad SMARTS) is 1. The van der Waals surface area contributed by atoms with Gasteiger partial charge in [0.15, 0.2) is 0 Å². The Bertz CT molecular complexity index is 367. The van der Waals surface area contributed by atoms with Crippen molar-refractivity contribution in [2.45, 2.75) is 45.6 Å². The van der Waals surface area contributed by atoms with E-state index in [-0.39, 0.29) is 18.0 Å². The SMILES string of the molecule is CC(C)(C)NC(=O)CNC(=O)C1(C(=O)O)CCC1. The van der Waals surface area contributed by atoms with Gasteiger partial charge in [0.05, 0.1) is 6.54 Å². The van der Waals surface area contributed by atoms with Crippen molar-refractivity contribution < 1.29 is 19.5 Å². The van der Waals surface area contributed by atoms with Crippen LogP contribution >= 0.6 is 0 Å². The second-order valence-electron chi connectivity index (χ2n) is 5.72. The van der Waals surface area contributed by atoms with E-state index in [9.17, 15) is 14.4 Å². The van der Waals surface area contributed by atoms with Gasteiger partial charge in [0.2, 0.25) is 11.8 Å². The van der Waals surface area contributed by atoms with Crippen LogP contribution in [0.1, 0.15) is 40.0 Å². The van der Waals surface area contributed by atoms with Gasteiger partial charge in [-0.15, -0.1) is 0 Å². The summed E-state index contributed by atoms with van der Waals surface area (Å²) in [5.74, 6) is -2.00. The Morgan fingerprint density at radius 2 is 1.78 bits per heavy atom. The number of aliphatic carboxylic acids is 1. The molecule has 0 aromatic rings. The molecule has 1 aliphatic rings. The second kappa shape index (κ2) is 4.96. The monoisotopic (exact) mass is 256 g/mol. The number of hydrogen-bond acceptors (Lipinski definition) is 3. The van der Waals surface area contributed by atoms with E-state index >= 15 is 0 Å². The lowest BCUT2D eigenvalue weighted by atomic mass is 9.68. The quantitative estimate of drug-likeness (QED) is 0.629. The highest BCUT2D eigenvalue weighted by atomic mass is 16.4. The topological polar surface area (TPSA) is 95.5 Å². The van der Waals surface area contributed by atoms with E-state index in [0.717, 1.165) is 6.42 Å². The highest BCUT2D eigenvalue weighted by Crippen LogP contribution is 2.41. The lowest BCUT2D eigenvalue weighted by Gasteiger charge is -2.35. The first-order chi connectivity index (χ1) is 8.17. The third-order valence-corrected chi connectivity index (χ3v) is 2.98. The molecule has 1 rings (SSSR count). The maximum Gasteiger partial charge on any atom is 0.319 e. The number of amides is 2. The van der Waals surface area contributed by atoms with Crippen molar-refractivity contribution in [3.63, 3.8) is 0 Å². The van der Waals surface area contributed by atoms with E-state index in [1.165, 1.54) is 0 Å². The highest BCUT2D eigenvalue weighted by Gasteiger charge is 2.51. The van der Waals surface area contributed by atoms with Crippen molar-refractivity contribution in [1.82, 2.24) is 10.6 Å². The van der Waals surface area contributed by atoms with Gasteiger partial charge in [0, 0.05) is 5.54 Å². The highest BCUT2D eigenvalue weighted by molar-refractivity contribution is 6.03. The molecule has 1 fully saturated rings. The van der Waals surface area contributed by atoms with Crippen LogP contribution in [0, 0.1) is 5.41 Å². The molecule has 0 atom stereocenters. The summed E-state index contributed by atoms with van der Waals surface area (Å²) in [6.07, 6.45) is 1.41. The van der Waals surface area contributed by atoms with Gasteiger partial charge in [-0.05, 0) is 33.6 Å². The lowest BCUT2D eigenvalue weighted by Crippen LogP contribution is -2.53. The van der Waals surface area contributed by atoms with Gasteiger partial charge in [-0.2, -0.15) is 0 Å². The molecule has 2 amide bonds. The number of rotatable bonds is 4. The fraction of sp³-hybridized carbons (Fsp3) is 0.750. The normalized spacial score (nSPS) is 17.5. The Morgan fingerprint density at radius 1 is 1.22 bits per heavy atom. The predicted octanol–water partition coefficient (Wildman–Crippen LogP) is 0.272. The maximum atomic E-state index is 11.8. The summed E-state index contributed by atoms with van der Waals surface area (Å²) in [5, 5.41) is 14.1. The smallest absolute Gasteiger partial charge is 0.319 e. The zero-order valence-electron chi connectivity index (χ0n) is 11.0. The minimum absolute atomic E-state index is 0.189. The van der Waals surface area contributed by atoms with E-state index in [4.69, 9.17) is 5.11 Å². The van der Waals surface area contributed by atoms with E-state index in [2.05, 4.69) is 10.6 Å². The van der Waals surface area contributed by atoms with E-state index in [0.29, 0.717) is 12.8 Å². The van der Waals surface area contributed by atoms with Crippen LogP contribution in [-0.2, 0) is 14.4 Å². The van der Waals surface area contributed by atoms with Crippen molar-refractivity contribution in [2.75, 3.05) is 6.54 Å². The summed E-state index contributed by atoms with van der Waals surface area (Å²) in [6, 6.07) is 0. The summed E-state index contributed by atoms with van der Waals surface area (Å²) < 4.78 is 0. The van der Waals surface area contributed by atoms with Gasteiger partial charge in [0.25, 0.3) is 0 Å². The zero-order valence-corrected chi connectivity index (χ0v) is 11.0. The van der Waals surface area contributed by atoms with Gasteiger partial charge in [-0.3, -0.25) is 14.4 Å².